The summed E-state index contributed by atoms with van der Waals surface area (Å²) in [4.78, 5) is 0. The predicted molar refractivity (Wildman–Crippen MR) is 53.2 cm³/mol. The van der Waals surface area contributed by atoms with E-state index in [1.807, 2.05) is 0 Å². The minimum atomic E-state index is -3.62. The van der Waals surface area contributed by atoms with Crippen molar-refractivity contribution in [1.29, 1.82) is 0 Å². The average molecular weight is 245 g/mol. The summed E-state index contributed by atoms with van der Waals surface area (Å²) >= 11 is 0. The first-order valence-corrected chi connectivity index (χ1v) is 7.66. The van der Waals surface area contributed by atoms with Crippen LogP contribution < -0.4 is 4.72 Å². The fourth-order valence-corrected chi connectivity index (χ4v) is 3.56. The van der Waals surface area contributed by atoms with Gasteiger partial charge >= 0.3 is 0 Å². The highest BCUT2D eigenvalue weighted by atomic mass is 32.2. The summed E-state index contributed by atoms with van der Waals surface area (Å²) in [7, 11) is -6.90. The van der Waals surface area contributed by atoms with Crippen molar-refractivity contribution >= 4 is 19.9 Å². The van der Waals surface area contributed by atoms with Gasteiger partial charge in [0, 0.05) is 12.3 Å². The van der Waals surface area contributed by atoms with Crippen LogP contribution in [0.4, 0.5) is 0 Å². The first kappa shape index (κ1) is 13.8. The number of sulfone groups is 1. The Labute approximate surface area is 84.3 Å². The molecule has 1 atom stereocenters. The van der Waals surface area contributed by atoms with Crippen molar-refractivity contribution in [3.8, 4) is 0 Å². The van der Waals surface area contributed by atoms with Crippen LogP contribution in [-0.4, -0.2) is 52.4 Å². The lowest BCUT2D eigenvalue weighted by atomic mass is 10.4. The first-order chi connectivity index (χ1) is 6.16. The van der Waals surface area contributed by atoms with Crippen LogP contribution in [0.15, 0.2) is 0 Å². The van der Waals surface area contributed by atoms with Crippen LogP contribution in [0, 0.1) is 0 Å². The molecular weight excluding hydrogens is 230 g/mol. The smallest absolute Gasteiger partial charge is 0.212 e. The van der Waals surface area contributed by atoms with E-state index in [1.54, 1.807) is 0 Å². The van der Waals surface area contributed by atoms with Crippen molar-refractivity contribution in [2.45, 2.75) is 13.0 Å². The molecule has 0 unspecified atom stereocenters. The SMILES string of the molecule is C[C@H](CO)NS(=O)(=O)CCS(C)(=O)=O. The minimum absolute atomic E-state index is 0.321. The first-order valence-electron chi connectivity index (χ1n) is 3.95. The van der Waals surface area contributed by atoms with Gasteiger partial charge in [-0.1, -0.05) is 0 Å². The Balaban J connectivity index is 4.24. The molecule has 86 valence electrons. The van der Waals surface area contributed by atoms with Crippen LogP contribution in [0.3, 0.4) is 0 Å². The number of hydrogen-bond donors (Lipinski definition) is 2. The molecule has 0 aromatic carbocycles. The lowest BCUT2D eigenvalue weighted by molar-refractivity contribution is 0.265. The van der Waals surface area contributed by atoms with Gasteiger partial charge < -0.3 is 5.11 Å². The third kappa shape index (κ3) is 7.25. The van der Waals surface area contributed by atoms with Crippen molar-refractivity contribution in [3.05, 3.63) is 0 Å². The molecule has 0 aliphatic carbocycles. The second kappa shape index (κ2) is 5.06. The molecule has 8 heteroatoms. The van der Waals surface area contributed by atoms with E-state index in [9.17, 15) is 16.8 Å². The van der Waals surface area contributed by atoms with Crippen LogP contribution in [-0.2, 0) is 19.9 Å². The molecule has 0 heterocycles. The highest BCUT2D eigenvalue weighted by Gasteiger charge is 2.16. The van der Waals surface area contributed by atoms with Gasteiger partial charge in [0.15, 0.2) is 0 Å². The normalized spacial score (nSPS) is 15.4. The van der Waals surface area contributed by atoms with Crippen LogP contribution >= 0.6 is 0 Å². The van der Waals surface area contributed by atoms with Gasteiger partial charge in [-0.2, -0.15) is 0 Å². The monoisotopic (exact) mass is 245 g/mol. The standard InChI is InChI=1S/C6H15NO5S2/c1-6(5-8)7-14(11,12)4-3-13(2,9)10/h6-8H,3-5H2,1-2H3/t6-/m1/s1. The largest absolute Gasteiger partial charge is 0.395 e. The van der Waals surface area contributed by atoms with Crippen molar-refractivity contribution < 1.29 is 21.9 Å². The van der Waals surface area contributed by atoms with Gasteiger partial charge in [0.2, 0.25) is 10.0 Å². The van der Waals surface area contributed by atoms with E-state index in [4.69, 9.17) is 5.11 Å². The van der Waals surface area contributed by atoms with Crippen molar-refractivity contribution in [1.82, 2.24) is 4.72 Å². The van der Waals surface area contributed by atoms with E-state index < -0.39 is 37.4 Å². The van der Waals surface area contributed by atoms with Gasteiger partial charge in [0.05, 0.1) is 18.1 Å². The van der Waals surface area contributed by atoms with Crippen molar-refractivity contribution in [2.75, 3.05) is 24.4 Å². The van der Waals surface area contributed by atoms with Crippen molar-refractivity contribution in [3.63, 3.8) is 0 Å². The molecule has 0 rings (SSSR count). The summed E-state index contributed by atoms with van der Waals surface area (Å²) in [5, 5.41) is 8.58. The molecule has 0 saturated carbocycles. The molecule has 0 bridgehead atoms. The summed E-state index contributed by atoms with van der Waals surface area (Å²) in [5.74, 6) is -0.892. The Morgan fingerprint density at radius 1 is 1.21 bits per heavy atom. The lowest BCUT2D eigenvalue weighted by Crippen LogP contribution is -2.38. The van der Waals surface area contributed by atoms with Gasteiger partial charge in [-0.15, -0.1) is 0 Å². The van der Waals surface area contributed by atoms with E-state index in [-0.39, 0.29) is 6.61 Å². The molecule has 6 nitrogen and oxygen atoms in total. The molecule has 0 fully saturated rings. The molecule has 0 aromatic rings. The maximum Gasteiger partial charge on any atom is 0.212 e. The number of rotatable bonds is 6. The molecular formula is C6H15NO5S2. The minimum Gasteiger partial charge on any atom is -0.395 e. The Morgan fingerprint density at radius 2 is 1.71 bits per heavy atom. The molecule has 0 amide bonds. The maximum atomic E-state index is 11.2. The highest BCUT2D eigenvalue weighted by molar-refractivity contribution is 7.93. The maximum absolute atomic E-state index is 11.2. The third-order valence-electron chi connectivity index (χ3n) is 1.38. The average Bonchev–Trinajstić information content (AvgIpc) is 1.99. The van der Waals surface area contributed by atoms with Crippen LogP contribution in [0.25, 0.3) is 0 Å². The topological polar surface area (TPSA) is 101 Å². The van der Waals surface area contributed by atoms with Gasteiger partial charge in [0.1, 0.15) is 9.84 Å². The zero-order chi connectivity index (χ0) is 11.4. The van der Waals surface area contributed by atoms with E-state index in [1.165, 1.54) is 6.92 Å². The number of aliphatic hydroxyl groups excluding tert-OH is 1. The summed E-state index contributed by atoms with van der Waals surface area (Å²) in [5.41, 5.74) is 0. The highest BCUT2D eigenvalue weighted by Crippen LogP contribution is 1.92. The third-order valence-corrected chi connectivity index (χ3v) is 4.08. The fourth-order valence-electron chi connectivity index (χ4n) is 0.664. The fraction of sp³-hybridized carbons (Fsp3) is 1.00. The molecule has 0 spiro atoms. The van der Waals surface area contributed by atoms with Gasteiger partial charge in [0.25, 0.3) is 0 Å². The summed E-state index contributed by atoms with van der Waals surface area (Å²) in [6, 6.07) is -0.598. The molecule has 0 aliphatic heterocycles. The zero-order valence-electron chi connectivity index (χ0n) is 8.10. The van der Waals surface area contributed by atoms with E-state index in [0.29, 0.717) is 0 Å². The Morgan fingerprint density at radius 3 is 2.07 bits per heavy atom. The molecule has 14 heavy (non-hydrogen) atoms. The van der Waals surface area contributed by atoms with Crippen molar-refractivity contribution in [2.24, 2.45) is 0 Å². The second-order valence-electron chi connectivity index (χ2n) is 3.15. The quantitative estimate of drug-likeness (QED) is 0.583. The summed E-state index contributed by atoms with van der Waals surface area (Å²) in [6.45, 7) is 1.16. The van der Waals surface area contributed by atoms with Gasteiger partial charge in [-0.3, -0.25) is 0 Å². The van der Waals surface area contributed by atoms with E-state index >= 15 is 0 Å². The van der Waals surface area contributed by atoms with E-state index in [0.717, 1.165) is 6.26 Å². The summed E-state index contributed by atoms with van der Waals surface area (Å²) < 4.78 is 45.8. The lowest BCUT2D eigenvalue weighted by Gasteiger charge is -2.10. The predicted octanol–water partition coefficient (Wildman–Crippen LogP) is -1.67. The number of sulfonamides is 1. The molecule has 2 N–H and O–H groups in total. The van der Waals surface area contributed by atoms with Crippen LogP contribution in [0.5, 0.6) is 0 Å². The van der Waals surface area contributed by atoms with E-state index in [2.05, 4.69) is 4.72 Å². The number of nitrogens with one attached hydrogen (secondary N) is 1. The summed E-state index contributed by atoms with van der Waals surface area (Å²) in [6.07, 6.45) is 0.970. The Bertz CT molecular complexity index is 358. The Kier molecular flexibility index (Phi) is 4.99. The van der Waals surface area contributed by atoms with Crippen LogP contribution in [0.1, 0.15) is 6.92 Å². The molecule has 0 saturated heterocycles. The van der Waals surface area contributed by atoms with Gasteiger partial charge in [-0.05, 0) is 6.92 Å². The second-order valence-corrected chi connectivity index (χ2v) is 7.28. The molecule has 0 radical (unpaired) electrons. The van der Waals surface area contributed by atoms with Crippen LogP contribution in [0.2, 0.25) is 0 Å². The molecule has 0 aliphatic rings. The number of aliphatic hydroxyl groups is 1. The zero-order valence-corrected chi connectivity index (χ0v) is 9.73. The van der Waals surface area contributed by atoms with Gasteiger partial charge in [-0.25, -0.2) is 21.6 Å². The Hall–Kier alpha value is -0.180. The molecule has 0 aromatic heterocycles. The number of hydrogen-bond acceptors (Lipinski definition) is 5.